The third-order valence-electron chi connectivity index (χ3n) is 2.16. The standard InChI is InChI=1S/C10H8F6O2S/c11-9(12,13)8(10(14,15)16)19(17,18)6-7-4-2-1-3-5-7/h1-5,8H,6H2. The van der Waals surface area contributed by atoms with E-state index in [0.29, 0.717) is 0 Å². The molecule has 0 N–H and O–H groups in total. The van der Waals surface area contributed by atoms with Gasteiger partial charge in [-0.1, -0.05) is 30.3 Å². The zero-order valence-corrected chi connectivity index (χ0v) is 9.98. The second-order valence-electron chi connectivity index (χ2n) is 3.76. The maximum absolute atomic E-state index is 12.3. The Hall–Kier alpha value is -1.25. The van der Waals surface area contributed by atoms with E-state index >= 15 is 0 Å². The van der Waals surface area contributed by atoms with Crippen LogP contribution in [0.25, 0.3) is 0 Å². The summed E-state index contributed by atoms with van der Waals surface area (Å²) in [5.74, 6) is -1.32. The average Bonchev–Trinajstić information content (AvgIpc) is 2.11. The smallest absolute Gasteiger partial charge is 0.228 e. The predicted octanol–water partition coefficient (Wildman–Crippen LogP) is 3.09. The van der Waals surface area contributed by atoms with E-state index in [0.717, 1.165) is 12.1 Å². The first-order valence-corrected chi connectivity index (χ1v) is 6.55. The van der Waals surface area contributed by atoms with Crippen LogP contribution in [0.2, 0.25) is 0 Å². The van der Waals surface area contributed by atoms with E-state index < -0.39 is 33.2 Å². The number of sulfone groups is 1. The van der Waals surface area contributed by atoms with Crippen molar-refractivity contribution in [2.75, 3.05) is 0 Å². The molecule has 2 nitrogen and oxygen atoms in total. The molecule has 0 heterocycles. The summed E-state index contributed by atoms with van der Waals surface area (Å²) in [5.41, 5.74) is -0.138. The van der Waals surface area contributed by atoms with Crippen LogP contribution in [0, 0.1) is 0 Å². The van der Waals surface area contributed by atoms with Gasteiger partial charge in [0, 0.05) is 0 Å². The molecule has 1 rings (SSSR count). The van der Waals surface area contributed by atoms with Crippen LogP contribution >= 0.6 is 0 Å². The van der Waals surface area contributed by atoms with Crippen LogP contribution in [0.3, 0.4) is 0 Å². The Labute approximate surface area is 105 Å². The lowest BCUT2D eigenvalue weighted by Gasteiger charge is -2.22. The lowest BCUT2D eigenvalue weighted by molar-refractivity contribution is -0.226. The fraction of sp³-hybridized carbons (Fsp3) is 0.400. The highest BCUT2D eigenvalue weighted by Crippen LogP contribution is 2.39. The van der Waals surface area contributed by atoms with E-state index in [1.165, 1.54) is 18.2 Å². The number of alkyl halides is 6. The molecule has 0 unspecified atom stereocenters. The zero-order valence-electron chi connectivity index (χ0n) is 9.16. The molecular formula is C10H8F6O2S. The summed E-state index contributed by atoms with van der Waals surface area (Å²) >= 11 is 0. The first kappa shape index (κ1) is 15.8. The van der Waals surface area contributed by atoms with E-state index in [2.05, 4.69) is 0 Å². The van der Waals surface area contributed by atoms with E-state index in [4.69, 9.17) is 0 Å². The molecule has 1 aromatic rings. The van der Waals surface area contributed by atoms with Crippen LogP contribution in [0.4, 0.5) is 26.3 Å². The number of hydrogen-bond acceptors (Lipinski definition) is 2. The molecule has 0 radical (unpaired) electrons. The molecular weight excluding hydrogens is 298 g/mol. The molecule has 0 aromatic heterocycles. The van der Waals surface area contributed by atoms with Crippen molar-refractivity contribution < 1.29 is 34.8 Å². The fourth-order valence-corrected chi connectivity index (χ4v) is 3.12. The third-order valence-corrected chi connectivity index (χ3v) is 4.15. The minimum Gasteiger partial charge on any atom is -0.228 e. The van der Waals surface area contributed by atoms with Gasteiger partial charge in [-0.2, -0.15) is 26.3 Å². The number of rotatable bonds is 3. The molecule has 0 spiro atoms. The average molecular weight is 306 g/mol. The molecule has 108 valence electrons. The van der Waals surface area contributed by atoms with Crippen LogP contribution in [0.15, 0.2) is 30.3 Å². The summed E-state index contributed by atoms with van der Waals surface area (Å²) in [6, 6.07) is 6.38. The monoisotopic (exact) mass is 306 g/mol. The van der Waals surface area contributed by atoms with Crippen LogP contribution in [-0.4, -0.2) is 26.0 Å². The van der Waals surface area contributed by atoms with Gasteiger partial charge in [0.05, 0.1) is 5.75 Å². The zero-order chi connectivity index (χ0) is 14.9. The maximum Gasteiger partial charge on any atom is 0.414 e. The molecule has 0 saturated heterocycles. The van der Waals surface area contributed by atoms with Crippen molar-refractivity contribution in [3.05, 3.63) is 35.9 Å². The molecule has 0 saturated carbocycles. The molecule has 0 aliphatic carbocycles. The van der Waals surface area contributed by atoms with Gasteiger partial charge in [-0.05, 0) is 5.56 Å². The van der Waals surface area contributed by atoms with Gasteiger partial charge in [0.25, 0.3) is 5.25 Å². The Morgan fingerprint density at radius 1 is 0.895 bits per heavy atom. The Morgan fingerprint density at radius 2 is 1.32 bits per heavy atom. The second kappa shape index (κ2) is 5.03. The quantitative estimate of drug-likeness (QED) is 0.804. The molecule has 19 heavy (non-hydrogen) atoms. The molecule has 0 atom stereocenters. The van der Waals surface area contributed by atoms with E-state index in [1.807, 2.05) is 0 Å². The largest absolute Gasteiger partial charge is 0.414 e. The highest BCUT2D eigenvalue weighted by Gasteiger charge is 2.63. The Morgan fingerprint density at radius 3 is 1.68 bits per heavy atom. The summed E-state index contributed by atoms with van der Waals surface area (Å²) in [6.07, 6.45) is -11.8. The van der Waals surface area contributed by atoms with Crippen LogP contribution in [-0.2, 0) is 15.6 Å². The van der Waals surface area contributed by atoms with Crippen molar-refractivity contribution >= 4 is 9.84 Å². The second-order valence-corrected chi connectivity index (χ2v) is 5.84. The fourth-order valence-electron chi connectivity index (χ4n) is 1.48. The minimum atomic E-state index is -5.90. The summed E-state index contributed by atoms with van der Waals surface area (Å²) in [7, 11) is -5.44. The van der Waals surface area contributed by atoms with E-state index in [-0.39, 0.29) is 5.56 Å². The van der Waals surface area contributed by atoms with Gasteiger partial charge in [0.2, 0.25) is 0 Å². The van der Waals surface area contributed by atoms with E-state index in [9.17, 15) is 34.8 Å². The van der Waals surface area contributed by atoms with Crippen molar-refractivity contribution in [3.8, 4) is 0 Å². The first-order valence-electron chi connectivity index (χ1n) is 4.83. The summed E-state index contributed by atoms with van der Waals surface area (Å²) in [4.78, 5) is 0. The molecule has 0 bridgehead atoms. The number of hydrogen-bond donors (Lipinski definition) is 0. The van der Waals surface area contributed by atoms with Crippen molar-refractivity contribution in [1.29, 1.82) is 0 Å². The molecule has 1 aromatic carbocycles. The van der Waals surface area contributed by atoms with Crippen molar-refractivity contribution in [1.82, 2.24) is 0 Å². The van der Waals surface area contributed by atoms with Crippen LogP contribution in [0.1, 0.15) is 5.56 Å². The van der Waals surface area contributed by atoms with Gasteiger partial charge in [-0.3, -0.25) is 0 Å². The van der Waals surface area contributed by atoms with E-state index in [1.54, 1.807) is 0 Å². The van der Waals surface area contributed by atoms with Crippen LogP contribution in [0.5, 0.6) is 0 Å². The van der Waals surface area contributed by atoms with Gasteiger partial charge in [-0.25, -0.2) is 8.42 Å². The SMILES string of the molecule is O=S(=O)(Cc1ccccc1)C(C(F)(F)F)C(F)(F)F. The Bertz CT molecular complexity index is 503. The highest BCUT2D eigenvalue weighted by atomic mass is 32.2. The first-order chi connectivity index (χ1) is 8.44. The minimum absolute atomic E-state index is 0.138. The van der Waals surface area contributed by atoms with Crippen molar-refractivity contribution in [2.45, 2.75) is 23.4 Å². The Balaban J connectivity index is 3.16. The third kappa shape index (κ3) is 4.12. The number of halogens is 6. The maximum atomic E-state index is 12.3. The van der Waals surface area contributed by atoms with Gasteiger partial charge < -0.3 is 0 Å². The highest BCUT2D eigenvalue weighted by molar-refractivity contribution is 7.91. The summed E-state index contributed by atoms with van der Waals surface area (Å²) in [5, 5.41) is -4.37. The van der Waals surface area contributed by atoms with Gasteiger partial charge in [-0.15, -0.1) is 0 Å². The molecule has 0 aliphatic heterocycles. The molecule has 0 aliphatic rings. The number of benzene rings is 1. The van der Waals surface area contributed by atoms with Crippen molar-refractivity contribution in [3.63, 3.8) is 0 Å². The normalized spacial score (nSPS) is 13.8. The van der Waals surface area contributed by atoms with Gasteiger partial charge >= 0.3 is 12.4 Å². The molecule has 0 amide bonds. The lowest BCUT2D eigenvalue weighted by atomic mass is 10.2. The predicted molar refractivity (Wildman–Crippen MR) is 55.0 cm³/mol. The summed E-state index contributed by atoms with van der Waals surface area (Å²) < 4.78 is 96.6. The van der Waals surface area contributed by atoms with Crippen LogP contribution < -0.4 is 0 Å². The van der Waals surface area contributed by atoms with Crippen molar-refractivity contribution in [2.24, 2.45) is 0 Å². The van der Waals surface area contributed by atoms with Gasteiger partial charge in [0.1, 0.15) is 0 Å². The summed E-state index contributed by atoms with van der Waals surface area (Å²) in [6.45, 7) is 0. The lowest BCUT2D eigenvalue weighted by Crippen LogP contribution is -2.48. The molecule has 0 fully saturated rings. The topological polar surface area (TPSA) is 34.1 Å². The molecule has 9 heteroatoms. The van der Waals surface area contributed by atoms with Gasteiger partial charge in [0.15, 0.2) is 9.84 Å². The Kier molecular flexibility index (Phi) is 4.18.